The molecule has 0 saturated heterocycles. The van der Waals surface area contributed by atoms with Gasteiger partial charge in [-0.25, -0.2) is 8.42 Å². The molecule has 1 aromatic carbocycles. The number of benzene rings is 1. The first-order valence-corrected chi connectivity index (χ1v) is 12.7. The van der Waals surface area contributed by atoms with Crippen LogP contribution in [0, 0.1) is 11.8 Å². The smallest absolute Gasteiger partial charge is 0.261 e. The first-order chi connectivity index (χ1) is 14.3. The fraction of sp³-hybridized carbons (Fsp3) is 0.391. The van der Waals surface area contributed by atoms with Gasteiger partial charge in [0, 0.05) is 18.9 Å². The molecule has 0 bridgehead atoms. The number of carbonyl (C=O) groups is 1. The second-order valence-corrected chi connectivity index (χ2v) is 11.6. The molecule has 3 aromatic rings. The van der Waals surface area contributed by atoms with Gasteiger partial charge in [-0.1, -0.05) is 26.0 Å². The van der Waals surface area contributed by atoms with Gasteiger partial charge in [0.1, 0.15) is 0 Å². The number of hydrogen-bond donors (Lipinski definition) is 1. The van der Waals surface area contributed by atoms with Crippen LogP contribution < -0.4 is 5.32 Å². The molecule has 1 aliphatic carbocycles. The molecule has 1 N–H and O–H groups in total. The van der Waals surface area contributed by atoms with Crippen LogP contribution in [0.2, 0.25) is 0 Å². The van der Waals surface area contributed by atoms with E-state index in [2.05, 4.69) is 24.1 Å². The molecule has 30 heavy (non-hydrogen) atoms. The largest absolute Gasteiger partial charge is 0.347 e. The number of carbonyl (C=O) groups excluding carboxylic acids is 1. The van der Waals surface area contributed by atoms with Crippen molar-refractivity contribution in [2.24, 2.45) is 11.8 Å². The molecule has 7 heteroatoms. The lowest BCUT2D eigenvalue weighted by molar-refractivity contribution is 0.0955. The van der Waals surface area contributed by atoms with E-state index in [4.69, 9.17) is 0 Å². The second kappa shape index (κ2) is 8.47. The van der Waals surface area contributed by atoms with Gasteiger partial charge < -0.3 is 5.32 Å². The number of nitrogens with zero attached hydrogens (tertiary/aromatic N) is 1. The molecule has 0 aliphatic heterocycles. The van der Waals surface area contributed by atoms with Crippen molar-refractivity contribution < 1.29 is 13.2 Å². The summed E-state index contributed by atoms with van der Waals surface area (Å²) in [5.74, 6) is 0.871. The van der Waals surface area contributed by atoms with Crippen molar-refractivity contribution in [3.05, 3.63) is 59.2 Å². The number of pyridine rings is 1. The van der Waals surface area contributed by atoms with Crippen LogP contribution in [0.5, 0.6) is 0 Å². The fourth-order valence-electron chi connectivity index (χ4n) is 4.04. The number of sulfone groups is 1. The van der Waals surface area contributed by atoms with E-state index in [1.54, 1.807) is 36.7 Å². The maximum Gasteiger partial charge on any atom is 0.261 e. The quantitative estimate of drug-likeness (QED) is 0.614. The Balaban J connectivity index is 1.40. The lowest BCUT2D eigenvalue weighted by Crippen LogP contribution is -2.31. The lowest BCUT2D eigenvalue weighted by atomic mass is 9.81. The Kier molecular flexibility index (Phi) is 5.93. The molecule has 4 rings (SSSR count). The van der Waals surface area contributed by atoms with E-state index in [1.165, 1.54) is 11.3 Å². The monoisotopic (exact) mass is 442 g/mol. The van der Waals surface area contributed by atoms with Gasteiger partial charge in [0.2, 0.25) is 0 Å². The van der Waals surface area contributed by atoms with Crippen LogP contribution in [0.3, 0.4) is 0 Å². The summed E-state index contributed by atoms with van der Waals surface area (Å²) in [6.07, 6.45) is 5.88. The van der Waals surface area contributed by atoms with Gasteiger partial charge in [0.15, 0.2) is 9.84 Å². The molecule has 2 aromatic heterocycles. The highest BCUT2D eigenvalue weighted by Gasteiger charge is 2.34. The second-order valence-electron chi connectivity index (χ2n) is 8.29. The highest BCUT2D eigenvalue weighted by Crippen LogP contribution is 2.35. The molecule has 1 fully saturated rings. The van der Waals surface area contributed by atoms with Gasteiger partial charge >= 0.3 is 0 Å². The molecule has 0 spiro atoms. The average molecular weight is 443 g/mol. The minimum atomic E-state index is -3.32. The summed E-state index contributed by atoms with van der Waals surface area (Å²) in [5.41, 5.74) is 0.871. The molecular weight excluding hydrogens is 416 g/mol. The number of thiophene rings is 1. The van der Waals surface area contributed by atoms with Crippen molar-refractivity contribution in [1.82, 2.24) is 10.3 Å². The van der Waals surface area contributed by atoms with Gasteiger partial charge in [0.25, 0.3) is 5.91 Å². The Morgan fingerprint density at radius 2 is 1.90 bits per heavy atom. The zero-order chi connectivity index (χ0) is 21.3. The first kappa shape index (κ1) is 21.0. The van der Waals surface area contributed by atoms with Crippen LogP contribution >= 0.6 is 11.3 Å². The number of aromatic nitrogens is 1. The molecular formula is C23H26N2O3S2. The average Bonchev–Trinajstić information content (AvgIpc) is 3.18. The number of rotatable bonds is 5. The number of amides is 1. The van der Waals surface area contributed by atoms with Gasteiger partial charge in [-0.2, -0.15) is 0 Å². The Morgan fingerprint density at radius 1 is 1.13 bits per heavy atom. The Labute approximate surface area is 181 Å². The summed E-state index contributed by atoms with van der Waals surface area (Å²) in [5, 5.41) is 3.62. The SMILES string of the molecule is CC1CCC(S(=O)(=O)c2ccc(CNC(=O)c3cc4ccncc4s3)cc2)CC1C. The maximum absolute atomic E-state index is 13.0. The zero-order valence-corrected chi connectivity index (χ0v) is 18.8. The van der Waals surface area contributed by atoms with Crippen LogP contribution in [-0.2, 0) is 16.4 Å². The fourth-order valence-corrected chi connectivity index (χ4v) is 6.88. The molecule has 158 valence electrons. The third-order valence-corrected chi connectivity index (χ3v) is 9.56. The number of nitrogens with one attached hydrogen (secondary N) is 1. The molecule has 3 unspecified atom stereocenters. The van der Waals surface area contributed by atoms with E-state index in [0.717, 1.165) is 34.9 Å². The van der Waals surface area contributed by atoms with Crippen LogP contribution in [0.15, 0.2) is 53.7 Å². The molecule has 0 radical (unpaired) electrons. The Bertz CT molecular complexity index is 1120. The van der Waals surface area contributed by atoms with Gasteiger partial charge in [0.05, 0.1) is 19.7 Å². The molecule has 1 aliphatic rings. The van der Waals surface area contributed by atoms with Crippen molar-refractivity contribution in [1.29, 1.82) is 0 Å². The van der Waals surface area contributed by atoms with Crippen LogP contribution in [-0.4, -0.2) is 24.6 Å². The predicted molar refractivity (Wildman–Crippen MR) is 120 cm³/mol. The van der Waals surface area contributed by atoms with E-state index < -0.39 is 9.84 Å². The van der Waals surface area contributed by atoms with E-state index >= 15 is 0 Å². The van der Waals surface area contributed by atoms with Crippen molar-refractivity contribution in [3.63, 3.8) is 0 Å². The van der Waals surface area contributed by atoms with Gasteiger partial charge in [-0.3, -0.25) is 9.78 Å². The molecule has 5 nitrogen and oxygen atoms in total. The normalized spacial score (nSPS) is 22.1. The number of fused-ring (bicyclic) bond motifs is 1. The van der Waals surface area contributed by atoms with Crippen molar-refractivity contribution in [3.8, 4) is 0 Å². The summed E-state index contributed by atoms with van der Waals surface area (Å²) in [4.78, 5) is 17.6. The minimum absolute atomic E-state index is 0.141. The van der Waals surface area contributed by atoms with Gasteiger partial charge in [-0.05, 0) is 66.3 Å². The predicted octanol–water partition coefficient (Wildman–Crippen LogP) is 4.82. The summed E-state index contributed by atoms with van der Waals surface area (Å²) >= 11 is 1.41. The Morgan fingerprint density at radius 3 is 2.60 bits per heavy atom. The van der Waals surface area contributed by atoms with Crippen LogP contribution in [0.25, 0.3) is 10.1 Å². The highest BCUT2D eigenvalue weighted by molar-refractivity contribution is 7.92. The molecule has 3 atom stereocenters. The third kappa shape index (κ3) is 4.27. The van der Waals surface area contributed by atoms with E-state index in [1.807, 2.05) is 12.1 Å². The van der Waals surface area contributed by atoms with Crippen molar-refractivity contribution >= 4 is 37.2 Å². The minimum Gasteiger partial charge on any atom is -0.347 e. The summed E-state index contributed by atoms with van der Waals surface area (Å²) in [6.45, 7) is 4.70. The van der Waals surface area contributed by atoms with Crippen molar-refractivity contribution in [2.75, 3.05) is 0 Å². The van der Waals surface area contributed by atoms with Crippen LogP contribution in [0.4, 0.5) is 0 Å². The van der Waals surface area contributed by atoms with E-state index in [0.29, 0.717) is 28.2 Å². The highest BCUT2D eigenvalue weighted by atomic mass is 32.2. The first-order valence-electron chi connectivity index (χ1n) is 10.3. The maximum atomic E-state index is 13.0. The van der Waals surface area contributed by atoms with Crippen molar-refractivity contribution in [2.45, 2.75) is 49.8 Å². The molecule has 1 amide bonds. The third-order valence-electron chi connectivity index (χ3n) is 6.24. The van der Waals surface area contributed by atoms with Gasteiger partial charge in [-0.15, -0.1) is 11.3 Å². The van der Waals surface area contributed by atoms with E-state index in [9.17, 15) is 13.2 Å². The molecule has 1 saturated carbocycles. The lowest BCUT2D eigenvalue weighted by Gasteiger charge is -2.31. The summed E-state index contributed by atoms with van der Waals surface area (Å²) in [7, 11) is -3.32. The number of hydrogen-bond acceptors (Lipinski definition) is 5. The standard InChI is InChI=1S/C23H26N2O3S2/c1-15-3-6-20(11-16(15)2)30(27,28)19-7-4-17(5-8-19)13-25-23(26)21-12-18-9-10-24-14-22(18)29-21/h4-5,7-10,12,14-16,20H,3,6,11,13H2,1-2H3,(H,25,26). The topological polar surface area (TPSA) is 76.1 Å². The summed E-state index contributed by atoms with van der Waals surface area (Å²) < 4.78 is 27.0. The van der Waals surface area contributed by atoms with Crippen LogP contribution in [0.1, 0.15) is 48.3 Å². The van der Waals surface area contributed by atoms with E-state index in [-0.39, 0.29) is 11.2 Å². The molecule has 2 heterocycles. The Hall–Kier alpha value is -2.25. The zero-order valence-electron chi connectivity index (χ0n) is 17.2. The summed E-state index contributed by atoms with van der Waals surface area (Å²) in [6, 6.07) is 10.7.